The number of hydrogen-bond acceptors (Lipinski definition) is 3. The number of thiol groups is 1. The van der Waals surface area contributed by atoms with Gasteiger partial charge >= 0.3 is 0 Å². The summed E-state index contributed by atoms with van der Waals surface area (Å²) in [5, 5.41) is 8.73. The SMILES string of the molecule is SCCCCn1nc2ccccc2n1. The third kappa shape index (κ3) is 2.07. The van der Waals surface area contributed by atoms with E-state index in [1.807, 2.05) is 24.3 Å². The van der Waals surface area contributed by atoms with Gasteiger partial charge in [0.25, 0.3) is 0 Å². The molecule has 0 aliphatic rings. The van der Waals surface area contributed by atoms with Crippen molar-refractivity contribution in [2.45, 2.75) is 19.4 Å². The van der Waals surface area contributed by atoms with Gasteiger partial charge in [0.1, 0.15) is 11.0 Å². The van der Waals surface area contributed by atoms with Crippen molar-refractivity contribution in [2.24, 2.45) is 0 Å². The van der Waals surface area contributed by atoms with Gasteiger partial charge in [0.05, 0.1) is 6.54 Å². The highest BCUT2D eigenvalue weighted by molar-refractivity contribution is 7.80. The molecular formula is C10H13N3S. The average Bonchev–Trinajstić information content (AvgIpc) is 2.60. The normalized spacial score (nSPS) is 10.9. The van der Waals surface area contributed by atoms with E-state index in [9.17, 15) is 0 Å². The van der Waals surface area contributed by atoms with Crippen LogP contribution < -0.4 is 0 Å². The fraction of sp³-hybridized carbons (Fsp3) is 0.400. The summed E-state index contributed by atoms with van der Waals surface area (Å²) in [5.74, 6) is 0.931. The van der Waals surface area contributed by atoms with E-state index in [0.29, 0.717) is 0 Å². The first-order valence-corrected chi connectivity index (χ1v) is 5.44. The van der Waals surface area contributed by atoms with Crippen molar-refractivity contribution in [2.75, 3.05) is 5.75 Å². The van der Waals surface area contributed by atoms with E-state index in [4.69, 9.17) is 0 Å². The second kappa shape index (κ2) is 4.46. The lowest BCUT2D eigenvalue weighted by atomic mass is 10.3. The van der Waals surface area contributed by atoms with E-state index in [-0.39, 0.29) is 0 Å². The Kier molecular flexibility index (Phi) is 3.03. The van der Waals surface area contributed by atoms with Gasteiger partial charge in [-0.2, -0.15) is 27.6 Å². The molecule has 0 radical (unpaired) electrons. The Hall–Kier alpha value is -1.03. The van der Waals surface area contributed by atoms with Crippen molar-refractivity contribution in [3.63, 3.8) is 0 Å². The summed E-state index contributed by atoms with van der Waals surface area (Å²) in [6.07, 6.45) is 2.20. The third-order valence-corrected chi connectivity index (χ3v) is 2.41. The summed E-state index contributed by atoms with van der Waals surface area (Å²) >= 11 is 4.17. The van der Waals surface area contributed by atoms with Crippen LogP contribution in [0.4, 0.5) is 0 Å². The molecule has 0 unspecified atom stereocenters. The molecule has 0 atom stereocenters. The molecule has 0 aliphatic carbocycles. The second-order valence-electron chi connectivity index (χ2n) is 3.22. The maximum atomic E-state index is 4.37. The zero-order valence-corrected chi connectivity index (χ0v) is 8.82. The van der Waals surface area contributed by atoms with Gasteiger partial charge in [-0.15, -0.1) is 0 Å². The minimum absolute atomic E-state index is 0.884. The third-order valence-electron chi connectivity index (χ3n) is 2.09. The standard InChI is InChI=1S/C10H13N3S/c14-8-4-3-7-13-11-9-5-1-2-6-10(9)12-13/h1-2,5-6,14H,3-4,7-8H2. The first-order chi connectivity index (χ1) is 6.90. The number of aryl methyl sites for hydroxylation is 1. The Morgan fingerprint density at radius 1 is 1.07 bits per heavy atom. The maximum Gasteiger partial charge on any atom is 0.113 e. The highest BCUT2D eigenvalue weighted by Gasteiger charge is 1.99. The minimum atomic E-state index is 0.884. The largest absolute Gasteiger partial charge is 0.184 e. The van der Waals surface area contributed by atoms with Crippen LogP contribution in [0, 0.1) is 0 Å². The molecule has 1 heterocycles. The Morgan fingerprint density at radius 3 is 2.29 bits per heavy atom. The molecule has 14 heavy (non-hydrogen) atoms. The lowest BCUT2D eigenvalue weighted by molar-refractivity contribution is 0.515. The molecule has 1 aromatic heterocycles. The number of unbranched alkanes of at least 4 members (excludes halogenated alkanes) is 1. The van der Waals surface area contributed by atoms with E-state index < -0.39 is 0 Å². The molecule has 2 rings (SSSR count). The van der Waals surface area contributed by atoms with Gasteiger partial charge in [0.15, 0.2) is 0 Å². The predicted octanol–water partition coefficient (Wildman–Crippen LogP) is 2.14. The van der Waals surface area contributed by atoms with Crippen LogP contribution in [0.3, 0.4) is 0 Å². The highest BCUT2D eigenvalue weighted by atomic mass is 32.1. The summed E-state index contributed by atoms with van der Waals surface area (Å²) in [6, 6.07) is 7.93. The molecule has 3 nitrogen and oxygen atoms in total. The molecule has 0 fully saturated rings. The quantitative estimate of drug-likeness (QED) is 0.615. The van der Waals surface area contributed by atoms with Crippen LogP contribution in [0.1, 0.15) is 12.8 Å². The fourth-order valence-corrected chi connectivity index (χ4v) is 1.59. The Balaban J connectivity index is 2.11. The van der Waals surface area contributed by atoms with Gasteiger partial charge in [-0.1, -0.05) is 12.1 Å². The topological polar surface area (TPSA) is 30.7 Å². The zero-order valence-electron chi connectivity index (χ0n) is 7.93. The monoisotopic (exact) mass is 207 g/mol. The molecule has 0 N–H and O–H groups in total. The number of benzene rings is 1. The van der Waals surface area contributed by atoms with Crippen molar-refractivity contribution in [3.05, 3.63) is 24.3 Å². The number of nitrogens with zero attached hydrogens (tertiary/aromatic N) is 3. The van der Waals surface area contributed by atoms with Crippen molar-refractivity contribution >= 4 is 23.7 Å². The zero-order chi connectivity index (χ0) is 9.80. The van der Waals surface area contributed by atoms with Gasteiger partial charge in [0, 0.05) is 0 Å². The summed E-state index contributed by atoms with van der Waals surface area (Å²) in [5.41, 5.74) is 1.94. The second-order valence-corrected chi connectivity index (χ2v) is 3.66. The van der Waals surface area contributed by atoms with E-state index in [1.165, 1.54) is 0 Å². The molecule has 74 valence electrons. The number of rotatable bonds is 4. The van der Waals surface area contributed by atoms with Crippen molar-refractivity contribution in [3.8, 4) is 0 Å². The number of hydrogen-bond donors (Lipinski definition) is 1. The van der Waals surface area contributed by atoms with Crippen molar-refractivity contribution < 1.29 is 0 Å². The summed E-state index contributed by atoms with van der Waals surface area (Å²) in [6.45, 7) is 0.884. The van der Waals surface area contributed by atoms with Crippen LogP contribution in [0.5, 0.6) is 0 Å². The van der Waals surface area contributed by atoms with Crippen molar-refractivity contribution in [1.29, 1.82) is 0 Å². The first-order valence-electron chi connectivity index (χ1n) is 4.81. The van der Waals surface area contributed by atoms with Crippen LogP contribution in [-0.2, 0) is 6.54 Å². The number of fused-ring (bicyclic) bond motifs is 1. The molecule has 0 bridgehead atoms. The van der Waals surface area contributed by atoms with Gasteiger partial charge < -0.3 is 0 Å². The molecular weight excluding hydrogens is 194 g/mol. The van der Waals surface area contributed by atoms with Crippen LogP contribution >= 0.6 is 12.6 Å². The summed E-state index contributed by atoms with van der Waals surface area (Å²) in [4.78, 5) is 1.77. The first kappa shape index (κ1) is 9.52. The maximum absolute atomic E-state index is 4.37. The molecule has 1 aromatic carbocycles. The van der Waals surface area contributed by atoms with Gasteiger partial charge in [-0.25, -0.2) is 0 Å². The van der Waals surface area contributed by atoms with Crippen LogP contribution in [-0.4, -0.2) is 20.7 Å². The Morgan fingerprint density at radius 2 is 1.71 bits per heavy atom. The van der Waals surface area contributed by atoms with Crippen molar-refractivity contribution in [1.82, 2.24) is 15.0 Å². The van der Waals surface area contributed by atoms with Gasteiger partial charge in [-0.05, 0) is 30.7 Å². The van der Waals surface area contributed by atoms with Crippen LogP contribution in [0.25, 0.3) is 11.0 Å². The molecule has 0 saturated carbocycles. The number of aromatic nitrogens is 3. The van der Waals surface area contributed by atoms with E-state index >= 15 is 0 Å². The fourth-order valence-electron chi connectivity index (χ4n) is 1.37. The molecule has 0 amide bonds. The predicted molar refractivity (Wildman–Crippen MR) is 60.6 cm³/mol. The van der Waals surface area contributed by atoms with E-state index in [1.54, 1.807) is 4.80 Å². The lowest BCUT2D eigenvalue weighted by Gasteiger charge is -1.96. The molecule has 0 aliphatic heterocycles. The molecule has 4 heteroatoms. The summed E-state index contributed by atoms with van der Waals surface area (Å²) in [7, 11) is 0. The lowest BCUT2D eigenvalue weighted by Crippen LogP contribution is -2.02. The van der Waals surface area contributed by atoms with Gasteiger partial charge in [0.2, 0.25) is 0 Å². The molecule has 0 spiro atoms. The smallest absolute Gasteiger partial charge is 0.113 e. The van der Waals surface area contributed by atoms with E-state index in [2.05, 4.69) is 22.8 Å². The van der Waals surface area contributed by atoms with Crippen LogP contribution in [0.15, 0.2) is 24.3 Å². The Labute approximate surface area is 88.5 Å². The summed E-state index contributed by atoms with van der Waals surface area (Å²) < 4.78 is 0. The minimum Gasteiger partial charge on any atom is -0.184 e. The Bertz CT molecular complexity index is 377. The molecule has 0 saturated heterocycles. The average molecular weight is 207 g/mol. The van der Waals surface area contributed by atoms with Crippen LogP contribution in [0.2, 0.25) is 0 Å². The highest BCUT2D eigenvalue weighted by Crippen LogP contribution is 2.07. The van der Waals surface area contributed by atoms with E-state index in [0.717, 1.165) is 36.2 Å². The van der Waals surface area contributed by atoms with Gasteiger partial charge in [-0.3, -0.25) is 0 Å². The molecule has 2 aromatic rings.